The Balaban J connectivity index is 1.66. The number of H-pyrrole nitrogens is 1. The average molecular weight is 389 g/mol. The molecule has 3 aromatic rings. The number of carbonyl (C=O) groups excluding carboxylic acids is 1. The third-order valence-corrected chi connectivity index (χ3v) is 4.26. The highest BCUT2D eigenvalue weighted by Gasteiger charge is 2.31. The summed E-state index contributed by atoms with van der Waals surface area (Å²) in [5.74, 6) is 0.717. The first-order chi connectivity index (χ1) is 12.5. The lowest BCUT2D eigenvalue weighted by Crippen LogP contribution is -2.22. The summed E-state index contributed by atoms with van der Waals surface area (Å²) in [5, 5.41) is 19.5. The number of nitrogens with zero attached hydrogens (tertiary/aromatic N) is 5. The van der Waals surface area contributed by atoms with E-state index in [0.29, 0.717) is 38.4 Å². The minimum absolute atomic E-state index is 0.0728. The van der Waals surface area contributed by atoms with Gasteiger partial charge in [0, 0.05) is 10.6 Å². The summed E-state index contributed by atoms with van der Waals surface area (Å²) in [6.07, 6.45) is 1.60. The van der Waals surface area contributed by atoms with Crippen LogP contribution in [0.5, 0.6) is 0 Å². The Morgan fingerprint density at radius 2 is 2.08 bits per heavy atom. The summed E-state index contributed by atoms with van der Waals surface area (Å²) >= 11 is 12.2. The van der Waals surface area contributed by atoms with Crippen molar-refractivity contribution in [1.29, 1.82) is 0 Å². The molecular formula is C16H10Cl2N6O2. The Kier molecular flexibility index (Phi) is 4.06. The molecule has 0 atom stereocenters. The van der Waals surface area contributed by atoms with Crippen LogP contribution in [-0.4, -0.2) is 32.2 Å². The van der Waals surface area contributed by atoms with Gasteiger partial charge in [-0.3, -0.25) is 4.79 Å². The zero-order valence-corrected chi connectivity index (χ0v) is 14.8. The topological polar surface area (TPSA) is 100 Å². The first kappa shape index (κ1) is 16.5. The van der Waals surface area contributed by atoms with E-state index in [-0.39, 0.29) is 11.9 Å². The van der Waals surface area contributed by atoms with Gasteiger partial charge in [-0.25, -0.2) is 0 Å². The lowest BCUT2D eigenvalue weighted by molar-refractivity contribution is -0.114. The van der Waals surface area contributed by atoms with Crippen molar-refractivity contribution < 1.29 is 9.21 Å². The molecule has 1 N–H and O–H groups in total. The van der Waals surface area contributed by atoms with Crippen LogP contribution in [-0.2, 0) is 4.79 Å². The summed E-state index contributed by atoms with van der Waals surface area (Å²) < 4.78 is 5.80. The Morgan fingerprint density at radius 3 is 2.85 bits per heavy atom. The number of amides is 1. The van der Waals surface area contributed by atoms with Gasteiger partial charge in [0.15, 0.2) is 0 Å². The molecule has 2 aromatic heterocycles. The Labute approximate surface area is 157 Å². The normalized spacial score (nSPS) is 15.8. The van der Waals surface area contributed by atoms with E-state index in [0.717, 1.165) is 5.01 Å². The number of carbonyl (C=O) groups is 1. The summed E-state index contributed by atoms with van der Waals surface area (Å²) in [6, 6.07) is 8.59. The third-order valence-electron chi connectivity index (χ3n) is 3.69. The van der Waals surface area contributed by atoms with Crippen LogP contribution in [0.3, 0.4) is 0 Å². The number of hydrogen-bond acceptors (Lipinski definition) is 6. The number of anilines is 1. The zero-order chi connectivity index (χ0) is 18.3. The van der Waals surface area contributed by atoms with Crippen molar-refractivity contribution in [3.8, 4) is 11.3 Å². The minimum atomic E-state index is -0.373. The molecule has 0 spiro atoms. The number of tetrazole rings is 1. The van der Waals surface area contributed by atoms with Crippen LogP contribution in [0.2, 0.25) is 10.0 Å². The highest BCUT2D eigenvalue weighted by Crippen LogP contribution is 2.32. The van der Waals surface area contributed by atoms with Crippen molar-refractivity contribution >= 4 is 46.8 Å². The van der Waals surface area contributed by atoms with Gasteiger partial charge in [0.1, 0.15) is 11.5 Å². The molecule has 0 radical (unpaired) electrons. The highest BCUT2D eigenvalue weighted by molar-refractivity contribution is 6.35. The molecule has 3 heterocycles. The van der Waals surface area contributed by atoms with Gasteiger partial charge in [-0.1, -0.05) is 28.3 Å². The summed E-state index contributed by atoms with van der Waals surface area (Å²) in [5.41, 5.74) is 1.55. The fraction of sp³-hybridized carbons (Fsp3) is 0.0625. The largest absolute Gasteiger partial charge is 0.457 e. The summed E-state index contributed by atoms with van der Waals surface area (Å²) in [7, 11) is 0. The second-order valence-corrected chi connectivity index (χ2v) is 6.24. The van der Waals surface area contributed by atoms with Gasteiger partial charge in [0.05, 0.1) is 16.3 Å². The molecule has 4 rings (SSSR count). The number of furan rings is 1. The first-order valence-corrected chi connectivity index (χ1v) is 8.19. The van der Waals surface area contributed by atoms with E-state index in [1.165, 1.54) is 0 Å². The number of benzene rings is 1. The Bertz CT molecular complexity index is 1050. The first-order valence-electron chi connectivity index (χ1n) is 7.43. The SMILES string of the molecule is CC1=NN(c2nn[nH]n2)C(=O)C1=Cc1ccc(-c2cc(Cl)ccc2Cl)o1. The number of aromatic amines is 1. The summed E-state index contributed by atoms with van der Waals surface area (Å²) in [6.45, 7) is 1.71. The molecule has 0 saturated heterocycles. The standard InChI is InChI=1S/C16H10Cl2N6O2/c1-8-11(15(25)24(21-8)16-19-22-23-20-16)7-10-3-5-14(26-10)12-6-9(17)2-4-13(12)18/h2-7H,1H3,(H,19,20,22,23). The number of rotatable bonds is 3. The number of nitrogens with one attached hydrogen (secondary N) is 1. The van der Waals surface area contributed by atoms with Crippen LogP contribution >= 0.6 is 23.2 Å². The molecule has 0 fully saturated rings. The number of hydrazone groups is 1. The molecular weight excluding hydrogens is 379 g/mol. The Morgan fingerprint density at radius 1 is 1.23 bits per heavy atom. The maximum atomic E-state index is 12.5. The quantitative estimate of drug-likeness (QED) is 0.691. The molecule has 130 valence electrons. The number of aromatic nitrogens is 4. The zero-order valence-electron chi connectivity index (χ0n) is 13.3. The van der Waals surface area contributed by atoms with Crippen LogP contribution < -0.4 is 5.01 Å². The highest BCUT2D eigenvalue weighted by atomic mass is 35.5. The van der Waals surface area contributed by atoms with Crippen LogP contribution in [0.1, 0.15) is 12.7 Å². The summed E-state index contributed by atoms with van der Waals surface area (Å²) in [4.78, 5) is 12.5. The van der Waals surface area contributed by atoms with E-state index in [1.54, 1.807) is 43.3 Å². The van der Waals surface area contributed by atoms with Gasteiger partial charge < -0.3 is 4.42 Å². The maximum Gasteiger partial charge on any atom is 0.293 e. The maximum absolute atomic E-state index is 12.5. The van der Waals surface area contributed by atoms with Crippen LogP contribution in [0, 0.1) is 0 Å². The molecule has 0 bridgehead atoms. The third kappa shape index (κ3) is 2.89. The molecule has 0 aliphatic carbocycles. The van der Waals surface area contributed by atoms with Crippen LogP contribution in [0.25, 0.3) is 17.4 Å². The predicted molar refractivity (Wildman–Crippen MR) is 96.9 cm³/mol. The fourth-order valence-electron chi connectivity index (χ4n) is 2.47. The molecule has 1 aromatic carbocycles. The van der Waals surface area contributed by atoms with Crippen molar-refractivity contribution in [3.63, 3.8) is 0 Å². The van der Waals surface area contributed by atoms with E-state index in [4.69, 9.17) is 27.6 Å². The van der Waals surface area contributed by atoms with Crippen molar-refractivity contribution in [2.24, 2.45) is 5.10 Å². The number of hydrogen-bond donors (Lipinski definition) is 1. The van der Waals surface area contributed by atoms with Gasteiger partial charge in [0.2, 0.25) is 0 Å². The predicted octanol–water partition coefficient (Wildman–Crippen LogP) is 3.57. The molecule has 26 heavy (non-hydrogen) atoms. The average Bonchev–Trinajstić information content (AvgIpc) is 3.34. The van der Waals surface area contributed by atoms with E-state index in [2.05, 4.69) is 25.7 Å². The monoisotopic (exact) mass is 388 g/mol. The lowest BCUT2D eigenvalue weighted by Gasteiger charge is -2.04. The number of halogens is 2. The van der Waals surface area contributed by atoms with Gasteiger partial charge >= 0.3 is 0 Å². The fourth-order valence-corrected chi connectivity index (χ4v) is 2.85. The van der Waals surface area contributed by atoms with Gasteiger partial charge in [0.25, 0.3) is 11.9 Å². The molecule has 0 saturated carbocycles. The molecule has 10 heteroatoms. The van der Waals surface area contributed by atoms with Crippen molar-refractivity contribution in [2.45, 2.75) is 6.92 Å². The van der Waals surface area contributed by atoms with E-state index >= 15 is 0 Å². The van der Waals surface area contributed by atoms with E-state index in [1.807, 2.05) is 0 Å². The van der Waals surface area contributed by atoms with Crippen molar-refractivity contribution in [1.82, 2.24) is 20.6 Å². The second-order valence-electron chi connectivity index (χ2n) is 5.40. The van der Waals surface area contributed by atoms with E-state index < -0.39 is 0 Å². The minimum Gasteiger partial charge on any atom is -0.457 e. The molecule has 1 aliphatic heterocycles. The second kappa shape index (κ2) is 6.40. The van der Waals surface area contributed by atoms with Gasteiger partial charge in [-0.05, 0) is 48.5 Å². The van der Waals surface area contributed by atoms with Gasteiger partial charge in [-0.2, -0.15) is 15.3 Å². The van der Waals surface area contributed by atoms with Crippen molar-refractivity contribution in [3.05, 3.63) is 51.7 Å². The smallest absolute Gasteiger partial charge is 0.293 e. The lowest BCUT2D eigenvalue weighted by atomic mass is 10.1. The van der Waals surface area contributed by atoms with Crippen LogP contribution in [0.15, 0.2) is 45.4 Å². The molecule has 8 nitrogen and oxygen atoms in total. The molecule has 0 unspecified atom stereocenters. The van der Waals surface area contributed by atoms with Gasteiger partial charge in [-0.15, -0.1) is 5.10 Å². The van der Waals surface area contributed by atoms with E-state index in [9.17, 15) is 4.79 Å². The Hall–Kier alpha value is -2.97. The van der Waals surface area contributed by atoms with Crippen LogP contribution in [0.4, 0.5) is 5.95 Å². The molecule has 1 aliphatic rings. The van der Waals surface area contributed by atoms with Crippen molar-refractivity contribution in [2.75, 3.05) is 5.01 Å². The molecule has 1 amide bonds.